The largest absolute Gasteiger partial charge is 0.497 e. The zero-order chi connectivity index (χ0) is 24.2. The molecule has 0 saturated heterocycles. The predicted molar refractivity (Wildman–Crippen MR) is 135 cm³/mol. The summed E-state index contributed by atoms with van der Waals surface area (Å²) in [5.41, 5.74) is 3.24. The first-order valence-corrected chi connectivity index (χ1v) is 11.6. The second kappa shape index (κ2) is 10.1. The molecule has 35 heavy (non-hydrogen) atoms. The van der Waals surface area contributed by atoms with Crippen LogP contribution in [-0.4, -0.2) is 36.0 Å². The molecule has 8 heteroatoms. The molecule has 4 aromatic rings. The summed E-state index contributed by atoms with van der Waals surface area (Å²) in [5.74, 6) is 1.46. The summed E-state index contributed by atoms with van der Waals surface area (Å²) in [6.07, 6.45) is 2.52. The SMILES string of the molecule is COc1cccc(-c2nn(Cc3ccccc3)cc2C(=O)Nc2cc3c(cc2Cl)OCCCO3)c1. The van der Waals surface area contributed by atoms with E-state index in [4.69, 9.17) is 30.9 Å². The molecule has 1 aliphatic rings. The summed E-state index contributed by atoms with van der Waals surface area (Å²) in [7, 11) is 1.60. The highest BCUT2D eigenvalue weighted by molar-refractivity contribution is 6.34. The molecule has 1 aromatic heterocycles. The minimum atomic E-state index is -0.335. The van der Waals surface area contributed by atoms with Crippen LogP contribution < -0.4 is 19.5 Å². The summed E-state index contributed by atoms with van der Waals surface area (Å²) in [6.45, 7) is 1.61. The number of carbonyl (C=O) groups is 1. The van der Waals surface area contributed by atoms with Gasteiger partial charge in [0.25, 0.3) is 5.91 Å². The lowest BCUT2D eigenvalue weighted by Gasteiger charge is -2.12. The number of benzene rings is 3. The lowest BCUT2D eigenvalue weighted by Crippen LogP contribution is -2.13. The van der Waals surface area contributed by atoms with Crippen molar-refractivity contribution in [3.63, 3.8) is 0 Å². The van der Waals surface area contributed by atoms with Crippen molar-refractivity contribution in [3.8, 4) is 28.5 Å². The van der Waals surface area contributed by atoms with Gasteiger partial charge >= 0.3 is 0 Å². The Kier molecular flexibility index (Phi) is 6.59. The van der Waals surface area contributed by atoms with Crippen LogP contribution in [0.25, 0.3) is 11.3 Å². The van der Waals surface area contributed by atoms with E-state index in [1.165, 1.54) is 0 Å². The van der Waals surface area contributed by atoms with Gasteiger partial charge in [-0.3, -0.25) is 9.48 Å². The first kappa shape index (κ1) is 22.8. The monoisotopic (exact) mass is 489 g/mol. The average molecular weight is 490 g/mol. The molecule has 1 amide bonds. The van der Waals surface area contributed by atoms with Crippen molar-refractivity contribution in [1.29, 1.82) is 0 Å². The maximum Gasteiger partial charge on any atom is 0.259 e. The van der Waals surface area contributed by atoms with Gasteiger partial charge in [-0.1, -0.05) is 54.1 Å². The summed E-state index contributed by atoms with van der Waals surface area (Å²) < 4.78 is 18.6. The van der Waals surface area contributed by atoms with Crippen LogP contribution in [-0.2, 0) is 6.54 Å². The molecule has 0 spiro atoms. The number of hydrogen-bond acceptors (Lipinski definition) is 5. The Morgan fingerprint density at radius 1 is 1.06 bits per heavy atom. The number of rotatable bonds is 6. The Balaban J connectivity index is 1.50. The molecule has 0 atom stereocenters. The lowest BCUT2D eigenvalue weighted by atomic mass is 10.1. The number of methoxy groups -OCH3 is 1. The molecule has 0 radical (unpaired) electrons. The van der Waals surface area contributed by atoms with Gasteiger partial charge in [0.2, 0.25) is 0 Å². The molecule has 1 aliphatic heterocycles. The molecule has 2 heterocycles. The number of aromatic nitrogens is 2. The molecule has 0 aliphatic carbocycles. The maximum atomic E-state index is 13.5. The van der Waals surface area contributed by atoms with E-state index < -0.39 is 0 Å². The standard InChI is InChI=1S/C27H24ClN3O4/c1-33-20-10-5-9-19(13-20)26-21(17-31(30-26)16-18-7-3-2-4-8-18)27(32)29-23-15-25-24(14-22(23)28)34-11-6-12-35-25/h2-5,7-10,13-15,17H,6,11-12,16H2,1H3,(H,29,32). The summed E-state index contributed by atoms with van der Waals surface area (Å²) in [4.78, 5) is 13.5. The quantitative estimate of drug-likeness (QED) is 0.377. The van der Waals surface area contributed by atoms with E-state index >= 15 is 0 Å². The Morgan fingerprint density at radius 3 is 2.60 bits per heavy atom. The average Bonchev–Trinajstić information content (AvgIpc) is 3.17. The number of halogens is 1. The number of fused-ring (bicyclic) bond motifs is 1. The van der Waals surface area contributed by atoms with Gasteiger partial charge in [0.05, 0.1) is 43.1 Å². The van der Waals surface area contributed by atoms with Crippen molar-refractivity contribution in [1.82, 2.24) is 9.78 Å². The summed E-state index contributed by atoms with van der Waals surface area (Å²) in [5, 5.41) is 8.03. The van der Waals surface area contributed by atoms with E-state index in [9.17, 15) is 4.79 Å². The third-order valence-corrected chi connectivity index (χ3v) is 5.93. The summed E-state index contributed by atoms with van der Waals surface area (Å²) >= 11 is 6.47. The first-order valence-electron chi connectivity index (χ1n) is 11.3. The second-order valence-corrected chi connectivity index (χ2v) is 8.50. The number of ether oxygens (including phenoxy) is 3. The van der Waals surface area contributed by atoms with Gasteiger partial charge in [0.15, 0.2) is 11.5 Å². The van der Waals surface area contributed by atoms with Crippen LogP contribution in [0.3, 0.4) is 0 Å². The normalized spacial score (nSPS) is 12.6. The van der Waals surface area contributed by atoms with Crippen molar-refractivity contribution in [2.24, 2.45) is 0 Å². The van der Waals surface area contributed by atoms with Gasteiger partial charge in [0.1, 0.15) is 11.4 Å². The molecule has 178 valence electrons. The van der Waals surface area contributed by atoms with E-state index in [-0.39, 0.29) is 5.91 Å². The van der Waals surface area contributed by atoms with Gasteiger partial charge in [-0.25, -0.2) is 0 Å². The van der Waals surface area contributed by atoms with Crippen LogP contribution in [0.2, 0.25) is 5.02 Å². The van der Waals surface area contributed by atoms with E-state index in [2.05, 4.69) is 5.32 Å². The third-order valence-electron chi connectivity index (χ3n) is 5.62. The Bertz CT molecular complexity index is 1350. The predicted octanol–water partition coefficient (Wildman–Crippen LogP) is 5.67. The van der Waals surface area contributed by atoms with E-state index in [0.717, 1.165) is 17.5 Å². The van der Waals surface area contributed by atoms with Crippen LogP contribution >= 0.6 is 11.6 Å². The van der Waals surface area contributed by atoms with Crippen LogP contribution in [0.5, 0.6) is 17.2 Å². The minimum Gasteiger partial charge on any atom is -0.497 e. The van der Waals surface area contributed by atoms with Gasteiger partial charge in [-0.05, 0) is 17.7 Å². The van der Waals surface area contributed by atoms with Crippen molar-refractivity contribution in [3.05, 3.63) is 89.1 Å². The minimum absolute atomic E-state index is 0.335. The van der Waals surface area contributed by atoms with Crippen LogP contribution in [0.4, 0.5) is 5.69 Å². The van der Waals surface area contributed by atoms with Gasteiger partial charge in [-0.2, -0.15) is 5.10 Å². The molecule has 0 saturated carbocycles. The van der Waals surface area contributed by atoms with Gasteiger partial charge in [-0.15, -0.1) is 0 Å². The number of amides is 1. The van der Waals surface area contributed by atoms with Crippen molar-refractivity contribution in [2.75, 3.05) is 25.6 Å². The van der Waals surface area contributed by atoms with E-state index in [1.54, 1.807) is 30.1 Å². The second-order valence-electron chi connectivity index (χ2n) is 8.09. The van der Waals surface area contributed by atoms with Crippen LogP contribution in [0, 0.1) is 0 Å². The van der Waals surface area contributed by atoms with Crippen LogP contribution in [0.1, 0.15) is 22.3 Å². The first-order chi connectivity index (χ1) is 17.1. The van der Waals surface area contributed by atoms with Crippen molar-refractivity contribution >= 4 is 23.2 Å². The highest BCUT2D eigenvalue weighted by Crippen LogP contribution is 2.38. The molecule has 5 rings (SSSR count). The summed E-state index contributed by atoms with van der Waals surface area (Å²) in [6, 6.07) is 20.8. The van der Waals surface area contributed by atoms with Crippen molar-refractivity contribution in [2.45, 2.75) is 13.0 Å². The number of nitrogens with one attached hydrogen (secondary N) is 1. The van der Waals surface area contributed by atoms with E-state index in [1.807, 2.05) is 54.6 Å². The Labute approximate surface area is 208 Å². The molecule has 0 fully saturated rings. The smallest absolute Gasteiger partial charge is 0.259 e. The highest BCUT2D eigenvalue weighted by Gasteiger charge is 2.21. The third kappa shape index (κ3) is 5.10. The molecule has 0 bridgehead atoms. The Morgan fingerprint density at radius 2 is 1.83 bits per heavy atom. The molecule has 1 N–H and O–H groups in total. The fourth-order valence-corrected chi connectivity index (χ4v) is 4.09. The van der Waals surface area contributed by atoms with Gasteiger partial charge in [0, 0.05) is 30.3 Å². The Hall–Kier alpha value is -3.97. The van der Waals surface area contributed by atoms with Crippen LogP contribution in [0.15, 0.2) is 72.9 Å². The molecule has 7 nitrogen and oxygen atoms in total. The van der Waals surface area contributed by atoms with E-state index in [0.29, 0.717) is 59.0 Å². The highest BCUT2D eigenvalue weighted by atomic mass is 35.5. The lowest BCUT2D eigenvalue weighted by molar-refractivity contribution is 0.102. The topological polar surface area (TPSA) is 74.6 Å². The number of carbonyl (C=O) groups excluding carboxylic acids is 1. The number of nitrogens with zero attached hydrogens (tertiary/aromatic N) is 2. The zero-order valence-electron chi connectivity index (χ0n) is 19.2. The molecular weight excluding hydrogens is 466 g/mol. The number of hydrogen-bond donors (Lipinski definition) is 1. The fourth-order valence-electron chi connectivity index (χ4n) is 3.89. The fraction of sp³-hybridized carbons (Fsp3) is 0.185. The van der Waals surface area contributed by atoms with Gasteiger partial charge < -0.3 is 19.5 Å². The molecule has 3 aromatic carbocycles. The van der Waals surface area contributed by atoms with Crippen molar-refractivity contribution < 1.29 is 19.0 Å². The molecule has 0 unspecified atom stereocenters. The zero-order valence-corrected chi connectivity index (χ0v) is 19.9. The number of anilines is 1. The maximum absolute atomic E-state index is 13.5. The molecular formula is C27H24ClN3O4.